The summed E-state index contributed by atoms with van der Waals surface area (Å²) in [4.78, 5) is 37.4. The van der Waals surface area contributed by atoms with Crippen LogP contribution in [0.1, 0.15) is 19.8 Å². The Kier molecular flexibility index (Phi) is 4.92. The molecule has 2 fully saturated rings. The molecule has 1 aromatic rings. The summed E-state index contributed by atoms with van der Waals surface area (Å²) in [5.74, 6) is -1.34. The average Bonchev–Trinajstić information content (AvgIpc) is 3.04. The number of benzene rings is 1. The third-order valence-corrected chi connectivity index (χ3v) is 6.09. The Balaban J connectivity index is 1.55. The second-order valence-corrected chi connectivity index (χ2v) is 7.95. The van der Waals surface area contributed by atoms with Crippen LogP contribution in [0.15, 0.2) is 18.2 Å². The monoisotopic (exact) mass is 386 g/mol. The number of amides is 2. The molecule has 0 spiro atoms. The summed E-state index contributed by atoms with van der Waals surface area (Å²) in [7, 11) is 0. The minimum atomic E-state index is -0.674. The number of carbonyl (C=O) groups excluding carboxylic acids is 3. The number of nitrogens with one attached hydrogen (secondary N) is 1. The zero-order chi connectivity index (χ0) is 18.2. The highest BCUT2D eigenvalue weighted by Gasteiger charge is 2.53. The third kappa shape index (κ3) is 3.59. The standard InChI is InChI=1S/C16H16ClFN2O4S/c1-16-5-4-14(22)20(16)12(8-25-16)15(23)24-7-13(21)19-11-3-2-9(18)6-10(11)17/h2-3,6,12H,4-5,7-8H2,1H3,(H,19,21)/t12-,16+/m0/s1. The Morgan fingerprint density at radius 3 is 3.00 bits per heavy atom. The molecule has 2 heterocycles. The van der Waals surface area contributed by atoms with Gasteiger partial charge in [0.15, 0.2) is 6.61 Å². The lowest BCUT2D eigenvalue weighted by atomic mass is 10.2. The number of anilines is 1. The maximum absolute atomic E-state index is 13.0. The van der Waals surface area contributed by atoms with Crippen LogP contribution in [0.5, 0.6) is 0 Å². The first kappa shape index (κ1) is 18.0. The molecule has 2 aliphatic rings. The van der Waals surface area contributed by atoms with E-state index in [2.05, 4.69) is 5.32 Å². The van der Waals surface area contributed by atoms with Crippen LogP contribution in [0.25, 0.3) is 0 Å². The molecule has 2 aliphatic heterocycles. The Morgan fingerprint density at radius 2 is 2.28 bits per heavy atom. The van der Waals surface area contributed by atoms with Crippen LogP contribution in [0.2, 0.25) is 5.02 Å². The molecular formula is C16H16ClFN2O4S. The van der Waals surface area contributed by atoms with Gasteiger partial charge in [0.1, 0.15) is 11.9 Å². The molecule has 1 aromatic carbocycles. The third-order valence-electron chi connectivity index (χ3n) is 4.27. The molecule has 9 heteroatoms. The van der Waals surface area contributed by atoms with Crippen molar-refractivity contribution in [2.45, 2.75) is 30.7 Å². The second kappa shape index (κ2) is 6.84. The molecular weight excluding hydrogens is 371 g/mol. The van der Waals surface area contributed by atoms with Crippen molar-refractivity contribution in [3.05, 3.63) is 29.0 Å². The number of rotatable bonds is 4. The number of nitrogens with zero attached hydrogens (tertiary/aromatic N) is 1. The van der Waals surface area contributed by atoms with Crippen molar-refractivity contribution < 1.29 is 23.5 Å². The SMILES string of the molecule is C[C@@]12CCC(=O)N1[C@H](C(=O)OCC(=O)Nc1ccc(F)cc1Cl)CS2. The molecule has 25 heavy (non-hydrogen) atoms. The van der Waals surface area contributed by atoms with E-state index in [-0.39, 0.29) is 21.5 Å². The molecule has 3 rings (SSSR count). The fourth-order valence-corrected chi connectivity index (χ4v) is 4.64. The van der Waals surface area contributed by atoms with Gasteiger partial charge in [-0.3, -0.25) is 9.59 Å². The van der Waals surface area contributed by atoms with E-state index in [1.165, 1.54) is 6.07 Å². The fourth-order valence-electron chi connectivity index (χ4n) is 3.01. The molecule has 0 saturated carbocycles. The van der Waals surface area contributed by atoms with Gasteiger partial charge >= 0.3 is 5.97 Å². The smallest absolute Gasteiger partial charge is 0.330 e. The van der Waals surface area contributed by atoms with Crippen LogP contribution in [-0.4, -0.2) is 46.0 Å². The number of hydrogen-bond donors (Lipinski definition) is 1. The summed E-state index contributed by atoms with van der Waals surface area (Å²) in [5, 5.41) is 2.49. The first-order chi connectivity index (χ1) is 11.8. The van der Waals surface area contributed by atoms with Crippen molar-refractivity contribution in [3.8, 4) is 0 Å². The first-order valence-corrected chi connectivity index (χ1v) is 9.04. The van der Waals surface area contributed by atoms with Gasteiger partial charge in [0.25, 0.3) is 5.91 Å². The van der Waals surface area contributed by atoms with Crippen molar-refractivity contribution in [3.63, 3.8) is 0 Å². The molecule has 6 nitrogen and oxygen atoms in total. The predicted octanol–water partition coefficient (Wildman–Crippen LogP) is 2.41. The van der Waals surface area contributed by atoms with Gasteiger partial charge in [-0.25, -0.2) is 9.18 Å². The molecule has 1 N–H and O–H groups in total. The molecule has 0 aliphatic carbocycles. The van der Waals surface area contributed by atoms with Gasteiger partial charge in [-0.15, -0.1) is 11.8 Å². The lowest BCUT2D eigenvalue weighted by Crippen LogP contribution is -2.47. The second-order valence-electron chi connectivity index (χ2n) is 6.05. The van der Waals surface area contributed by atoms with Crippen LogP contribution in [-0.2, 0) is 19.1 Å². The van der Waals surface area contributed by atoms with E-state index < -0.39 is 30.3 Å². The molecule has 134 valence electrons. The van der Waals surface area contributed by atoms with Crippen LogP contribution in [0, 0.1) is 5.82 Å². The van der Waals surface area contributed by atoms with Gasteiger partial charge in [-0.2, -0.15) is 0 Å². The van der Waals surface area contributed by atoms with E-state index in [0.29, 0.717) is 18.6 Å². The number of esters is 1. The Morgan fingerprint density at radius 1 is 1.52 bits per heavy atom. The van der Waals surface area contributed by atoms with Crippen molar-refractivity contribution in [1.82, 2.24) is 4.90 Å². The average molecular weight is 387 g/mol. The van der Waals surface area contributed by atoms with E-state index in [9.17, 15) is 18.8 Å². The maximum atomic E-state index is 13.0. The van der Waals surface area contributed by atoms with E-state index >= 15 is 0 Å². The normalized spacial score (nSPS) is 25.0. The Bertz CT molecular complexity index is 747. The van der Waals surface area contributed by atoms with Gasteiger partial charge in [0, 0.05) is 12.2 Å². The lowest BCUT2D eigenvalue weighted by molar-refractivity contribution is -0.155. The zero-order valence-corrected chi connectivity index (χ0v) is 15.0. The highest BCUT2D eigenvalue weighted by atomic mass is 35.5. The van der Waals surface area contributed by atoms with Crippen molar-refractivity contribution in [1.29, 1.82) is 0 Å². The highest BCUT2D eigenvalue weighted by molar-refractivity contribution is 8.01. The molecule has 0 aromatic heterocycles. The number of hydrogen-bond acceptors (Lipinski definition) is 5. The number of halogens is 2. The van der Waals surface area contributed by atoms with Crippen LogP contribution >= 0.6 is 23.4 Å². The van der Waals surface area contributed by atoms with Gasteiger partial charge in [0.05, 0.1) is 15.6 Å². The summed E-state index contributed by atoms with van der Waals surface area (Å²) < 4.78 is 18.0. The van der Waals surface area contributed by atoms with Crippen molar-refractivity contribution in [2.24, 2.45) is 0 Å². The fraction of sp³-hybridized carbons (Fsp3) is 0.438. The first-order valence-electron chi connectivity index (χ1n) is 7.68. The molecule has 0 bridgehead atoms. The minimum absolute atomic E-state index is 0.0466. The van der Waals surface area contributed by atoms with Crippen LogP contribution in [0.4, 0.5) is 10.1 Å². The molecule has 2 amide bonds. The lowest BCUT2D eigenvalue weighted by Gasteiger charge is -2.29. The highest BCUT2D eigenvalue weighted by Crippen LogP contribution is 2.47. The van der Waals surface area contributed by atoms with Gasteiger partial charge in [-0.1, -0.05) is 11.6 Å². The minimum Gasteiger partial charge on any atom is -0.454 e. The number of thioether (sulfide) groups is 1. The predicted molar refractivity (Wildman–Crippen MR) is 91.7 cm³/mol. The summed E-state index contributed by atoms with van der Waals surface area (Å²) in [6, 6.07) is 2.87. The number of ether oxygens (including phenoxy) is 1. The molecule has 2 atom stereocenters. The van der Waals surface area contributed by atoms with Gasteiger partial charge in [-0.05, 0) is 31.5 Å². The van der Waals surface area contributed by atoms with Gasteiger partial charge in [0.2, 0.25) is 5.91 Å². The van der Waals surface area contributed by atoms with E-state index in [4.69, 9.17) is 16.3 Å². The largest absolute Gasteiger partial charge is 0.454 e. The number of carbonyl (C=O) groups is 3. The van der Waals surface area contributed by atoms with E-state index in [1.54, 1.807) is 16.7 Å². The summed E-state index contributed by atoms with van der Waals surface area (Å²) in [5.41, 5.74) is 0.225. The zero-order valence-electron chi connectivity index (χ0n) is 13.4. The van der Waals surface area contributed by atoms with Crippen LogP contribution < -0.4 is 5.32 Å². The molecule has 0 radical (unpaired) electrons. The molecule has 0 unspecified atom stereocenters. The number of fused-ring (bicyclic) bond motifs is 1. The Hall–Kier alpha value is -1.80. The van der Waals surface area contributed by atoms with Crippen molar-refractivity contribution in [2.75, 3.05) is 17.7 Å². The van der Waals surface area contributed by atoms with E-state index in [0.717, 1.165) is 12.1 Å². The van der Waals surface area contributed by atoms with Crippen LogP contribution in [0.3, 0.4) is 0 Å². The summed E-state index contributed by atoms with van der Waals surface area (Å²) in [6.07, 6.45) is 1.11. The van der Waals surface area contributed by atoms with Crippen molar-refractivity contribution >= 4 is 46.8 Å². The summed E-state index contributed by atoms with van der Waals surface area (Å²) in [6.45, 7) is 1.42. The maximum Gasteiger partial charge on any atom is 0.330 e. The molecule has 2 saturated heterocycles. The topological polar surface area (TPSA) is 75.7 Å². The van der Waals surface area contributed by atoms with E-state index in [1.807, 2.05) is 6.92 Å². The quantitative estimate of drug-likeness (QED) is 0.804. The Labute approximate surface area is 153 Å². The summed E-state index contributed by atoms with van der Waals surface area (Å²) >= 11 is 7.37. The van der Waals surface area contributed by atoms with Gasteiger partial charge < -0.3 is 15.0 Å².